The minimum absolute atomic E-state index is 0.339. The molecule has 3 rings (SSSR count). The van der Waals surface area contributed by atoms with Gasteiger partial charge in [0, 0.05) is 23.4 Å². The van der Waals surface area contributed by atoms with Gasteiger partial charge in [0.2, 0.25) is 0 Å². The second kappa shape index (κ2) is 9.93. The first-order valence-electron chi connectivity index (χ1n) is 10.1. The van der Waals surface area contributed by atoms with Gasteiger partial charge in [-0.25, -0.2) is 9.59 Å². The Hall–Kier alpha value is -3.61. The molecule has 1 heterocycles. The fourth-order valence-electron chi connectivity index (χ4n) is 3.40. The summed E-state index contributed by atoms with van der Waals surface area (Å²) in [5.74, 6) is -1.26. The van der Waals surface area contributed by atoms with Gasteiger partial charge in [-0.05, 0) is 36.6 Å². The predicted molar refractivity (Wildman–Crippen MR) is 116 cm³/mol. The number of fused-ring (bicyclic) bond motifs is 1. The summed E-state index contributed by atoms with van der Waals surface area (Å²) in [4.78, 5) is 35.7. The molecule has 0 aliphatic heterocycles. The number of amides is 1. The highest BCUT2D eigenvalue weighted by molar-refractivity contribution is 5.85. The lowest BCUT2D eigenvalue weighted by Crippen LogP contribution is -2.42. The number of carboxylic acids is 1. The Bertz CT molecular complexity index is 1140. The van der Waals surface area contributed by atoms with E-state index in [-0.39, 0.29) is 6.61 Å². The Morgan fingerprint density at radius 2 is 1.90 bits per heavy atom. The van der Waals surface area contributed by atoms with E-state index in [9.17, 15) is 14.4 Å². The largest absolute Gasteiger partial charge is 0.484 e. The van der Waals surface area contributed by atoms with E-state index in [4.69, 9.17) is 14.3 Å². The molecule has 0 unspecified atom stereocenters. The van der Waals surface area contributed by atoms with Crippen molar-refractivity contribution in [3.8, 4) is 5.75 Å². The van der Waals surface area contributed by atoms with Crippen LogP contribution in [-0.2, 0) is 16.0 Å². The van der Waals surface area contributed by atoms with Crippen molar-refractivity contribution in [1.82, 2.24) is 5.32 Å². The molecule has 0 aliphatic carbocycles. The predicted octanol–water partition coefficient (Wildman–Crippen LogP) is 3.44. The summed E-state index contributed by atoms with van der Waals surface area (Å²) >= 11 is 0. The molecule has 0 saturated heterocycles. The van der Waals surface area contributed by atoms with E-state index >= 15 is 0 Å². The highest BCUT2D eigenvalue weighted by Crippen LogP contribution is 2.25. The van der Waals surface area contributed by atoms with Crippen LogP contribution in [0.1, 0.15) is 36.5 Å². The van der Waals surface area contributed by atoms with E-state index in [1.54, 1.807) is 18.2 Å². The number of aliphatic carboxylic acids is 1. The summed E-state index contributed by atoms with van der Waals surface area (Å²) in [6.45, 7) is 3.38. The van der Waals surface area contributed by atoms with E-state index in [2.05, 4.69) is 5.32 Å². The SMILES string of the molecule is CCC[C@@H](NC(=O)COc1ccc2c(C)c(Cc3ccccc3)c(=O)oc2c1)C(=O)O. The number of ether oxygens (including phenoxy) is 1. The number of carbonyl (C=O) groups is 2. The quantitative estimate of drug-likeness (QED) is 0.511. The van der Waals surface area contributed by atoms with Gasteiger partial charge < -0.3 is 19.6 Å². The van der Waals surface area contributed by atoms with Crippen molar-refractivity contribution in [1.29, 1.82) is 0 Å². The maximum absolute atomic E-state index is 12.6. The van der Waals surface area contributed by atoms with Crippen LogP contribution in [0.3, 0.4) is 0 Å². The highest BCUT2D eigenvalue weighted by Gasteiger charge is 2.19. The summed E-state index contributed by atoms with van der Waals surface area (Å²) in [5, 5.41) is 12.4. The van der Waals surface area contributed by atoms with Gasteiger partial charge in [0.15, 0.2) is 6.61 Å². The standard InChI is InChI=1S/C24H25NO6/c1-3-7-20(23(27)28)25-22(26)14-30-17-10-11-18-15(2)19(24(29)31-21(18)13-17)12-16-8-5-4-6-9-16/h4-6,8-11,13,20H,3,7,12,14H2,1-2H3,(H,25,26)(H,27,28)/t20-/m1/s1. The minimum atomic E-state index is -1.08. The van der Waals surface area contributed by atoms with Crippen LogP contribution in [0.15, 0.2) is 57.7 Å². The topological polar surface area (TPSA) is 106 Å². The van der Waals surface area contributed by atoms with Gasteiger partial charge >= 0.3 is 11.6 Å². The summed E-state index contributed by atoms with van der Waals surface area (Å²) < 4.78 is 11.0. The summed E-state index contributed by atoms with van der Waals surface area (Å²) in [6, 6.07) is 13.8. The Morgan fingerprint density at radius 3 is 2.58 bits per heavy atom. The number of carboxylic acid groups (broad SMARTS) is 1. The molecule has 1 atom stereocenters. The maximum atomic E-state index is 12.6. The Kier molecular flexibility index (Phi) is 7.07. The average molecular weight is 423 g/mol. The number of nitrogens with one attached hydrogen (secondary N) is 1. The van der Waals surface area contributed by atoms with Crippen LogP contribution in [0.5, 0.6) is 5.75 Å². The minimum Gasteiger partial charge on any atom is -0.484 e. The molecule has 2 aromatic carbocycles. The molecule has 0 radical (unpaired) electrons. The molecule has 2 N–H and O–H groups in total. The molecule has 162 valence electrons. The molecule has 0 fully saturated rings. The molecule has 1 aromatic heterocycles. The summed E-state index contributed by atoms with van der Waals surface area (Å²) in [5.41, 5.74) is 2.41. The van der Waals surface area contributed by atoms with Crippen LogP contribution in [0.4, 0.5) is 0 Å². The molecular weight excluding hydrogens is 398 g/mol. The molecule has 0 aliphatic rings. The van der Waals surface area contributed by atoms with Crippen molar-refractivity contribution in [3.05, 3.63) is 75.6 Å². The Balaban J connectivity index is 1.74. The lowest BCUT2D eigenvalue weighted by Gasteiger charge is -2.14. The number of rotatable bonds is 9. The zero-order chi connectivity index (χ0) is 22.4. The fraction of sp³-hybridized carbons (Fsp3) is 0.292. The van der Waals surface area contributed by atoms with Crippen LogP contribution in [0.2, 0.25) is 0 Å². The average Bonchev–Trinajstić information content (AvgIpc) is 2.75. The van der Waals surface area contributed by atoms with Crippen molar-refractivity contribution in [2.45, 2.75) is 39.2 Å². The Labute approximate surface area is 179 Å². The maximum Gasteiger partial charge on any atom is 0.340 e. The summed E-state index contributed by atoms with van der Waals surface area (Å²) in [7, 11) is 0. The van der Waals surface area contributed by atoms with Gasteiger partial charge in [-0.3, -0.25) is 4.79 Å². The van der Waals surface area contributed by atoms with E-state index in [0.717, 1.165) is 16.5 Å². The Morgan fingerprint density at radius 1 is 1.16 bits per heavy atom. The monoisotopic (exact) mass is 423 g/mol. The third kappa shape index (κ3) is 5.51. The first-order valence-corrected chi connectivity index (χ1v) is 10.1. The lowest BCUT2D eigenvalue weighted by molar-refractivity contribution is -0.142. The second-order valence-corrected chi connectivity index (χ2v) is 7.35. The molecule has 1 amide bonds. The molecule has 7 heteroatoms. The normalized spacial score (nSPS) is 11.8. The van der Waals surface area contributed by atoms with Gasteiger partial charge in [-0.2, -0.15) is 0 Å². The van der Waals surface area contributed by atoms with Gasteiger partial charge in [0.1, 0.15) is 17.4 Å². The number of hydrogen-bond acceptors (Lipinski definition) is 5. The summed E-state index contributed by atoms with van der Waals surface area (Å²) in [6.07, 6.45) is 1.45. The van der Waals surface area contributed by atoms with E-state index in [1.165, 1.54) is 0 Å². The third-order valence-electron chi connectivity index (χ3n) is 5.06. The van der Waals surface area contributed by atoms with Crippen LogP contribution in [0, 0.1) is 6.92 Å². The molecule has 3 aromatic rings. The van der Waals surface area contributed by atoms with Gasteiger partial charge in [-0.1, -0.05) is 43.7 Å². The van der Waals surface area contributed by atoms with Crippen LogP contribution < -0.4 is 15.7 Å². The zero-order valence-corrected chi connectivity index (χ0v) is 17.5. The van der Waals surface area contributed by atoms with E-state index < -0.39 is 23.5 Å². The highest BCUT2D eigenvalue weighted by atomic mass is 16.5. The third-order valence-corrected chi connectivity index (χ3v) is 5.06. The second-order valence-electron chi connectivity index (χ2n) is 7.35. The molecule has 0 saturated carbocycles. The van der Waals surface area contributed by atoms with E-state index in [1.807, 2.05) is 44.2 Å². The number of carbonyl (C=O) groups excluding carboxylic acids is 1. The van der Waals surface area contributed by atoms with Crippen molar-refractivity contribution in [2.75, 3.05) is 6.61 Å². The van der Waals surface area contributed by atoms with Crippen LogP contribution in [0.25, 0.3) is 11.0 Å². The first kappa shape index (κ1) is 22.1. The van der Waals surface area contributed by atoms with Gasteiger partial charge in [0.05, 0.1) is 0 Å². The van der Waals surface area contributed by atoms with Crippen molar-refractivity contribution >= 4 is 22.8 Å². The van der Waals surface area contributed by atoms with Crippen LogP contribution in [-0.4, -0.2) is 29.6 Å². The molecule has 31 heavy (non-hydrogen) atoms. The van der Waals surface area contributed by atoms with Gasteiger partial charge in [-0.15, -0.1) is 0 Å². The molecule has 0 bridgehead atoms. The smallest absolute Gasteiger partial charge is 0.340 e. The molecule has 7 nitrogen and oxygen atoms in total. The van der Waals surface area contributed by atoms with E-state index in [0.29, 0.717) is 36.2 Å². The number of aryl methyl sites for hydroxylation is 1. The van der Waals surface area contributed by atoms with Crippen molar-refractivity contribution < 1.29 is 23.8 Å². The number of benzene rings is 2. The lowest BCUT2D eigenvalue weighted by atomic mass is 10.00. The first-order chi connectivity index (χ1) is 14.9. The molecular formula is C24H25NO6. The van der Waals surface area contributed by atoms with Crippen molar-refractivity contribution in [2.24, 2.45) is 0 Å². The van der Waals surface area contributed by atoms with Crippen molar-refractivity contribution in [3.63, 3.8) is 0 Å². The molecule has 0 spiro atoms. The van der Waals surface area contributed by atoms with Gasteiger partial charge in [0.25, 0.3) is 5.91 Å². The fourth-order valence-corrected chi connectivity index (χ4v) is 3.40. The number of hydrogen-bond donors (Lipinski definition) is 2. The van der Waals surface area contributed by atoms with Crippen LogP contribution >= 0.6 is 0 Å². The zero-order valence-electron chi connectivity index (χ0n) is 17.5.